The van der Waals surface area contributed by atoms with Crippen LogP contribution in [0.2, 0.25) is 0 Å². The van der Waals surface area contributed by atoms with Crippen LogP contribution in [0.5, 0.6) is 11.5 Å². The monoisotopic (exact) mass is 503 g/mol. The lowest BCUT2D eigenvalue weighted by Crippen LogP contribution is -2.68. The van der Waals surface area contributed by atoms with Crippen molar-refractivity contribution in [3.8, 4) is 11.5 Å². The third-order valence-electron chi connectivity index (χ3n) is 6.14. The number of halogens is 1. The summed E-state index contributed by atoms with van der Waals surface area (Å²) in [6.45, 7) is 6.32. The molecular weight excluding hydrogens is 469 g/mol. The van der Waals surface area contributed by atoms with Gasteiger partial charge in [-0.05, 0) is 30.5 Å². The SMILES string of the molecule is CN=C(NC1C2CCOC2C1(C)C)N(C)CCc1ccc(OC)c(OC)c1.I. The average Bonchev–Trinajstić information content (AvgIpc) is 3.13. The maximum atomic E-state index is 5.90. The summed E-state index contributed by atoms with van der Waals surface area (Å²) in [6.07, 6.45) is 2.42. The van der Waals surface area contributed by atoms with E-state index in [-0.39, 0.29) is 29.4 Å². The van der Waals surface area contributed by atoms with E-state index in [0.29, 0.717) is 18.1 Å². The number of methoxy groups -OCH3 is 2. The number of nitrogens with one attached hydrogen (secondary N) is 1. The molecule has 0 radical (unpaired) electrons. The van der Waals surface area contributed by atoms with Crippen molar-refractivity contribution in [1.82, 2.24) is 10.2 Å². The minimum Gasteiger partial charge on any atom is -0.493 e. The van der Waals surface area contributed by atoms with Crippen molar-refractivity contribution in [2.75, 3.05) is 41.5 Å². The van der Waals surface area contributed by atoms with Crippen LogP contribution in [0.1, 0.15) is 25.8 Å². The first-order valence-electron chi connectivity index (χ1n) is 9.69. The minimum absolute atomic E-state index is 0. The molecule has 3 atom stereocenters. The molecule has 7 heteroatoms. The summed E-state index contributed by atoms with van der Waals surface area (Å²) >= 11 is 0. The molecule has 1 heterocycles. The number of rotatable bonds is 6. The second-order valence-corrected chi connectivity index (χ2v) is 8.10. The first-order valence-corrected chi connectivity index (χ1v) is 9.69. The van der Waals surface area contributed by atoms with Crippen molar-refractivity contribution in [2.45, 2.75) is 38.8 Å². The van der Waals surface area contributed by atoms with Gasteiger partial charge in [0.25, 0.3) is 0 Å². The molecule has 3 rings (SSSR count). The highest BCUT2D eigenvalue weighted by atomic mass is 127. The van der Waals surface area contributed by atoms with Gasteiger partial charge in [-0.1, -0.05) is 19.9 Å². The predicted molar refractivity (Wildman–Crippen MR) is 123 cm³/mol. The summed E-state index contributed by atoms with van der Waals surface area (Å²) in [5.41, 5.74) is 1.35. The van der Waals surface area contributed by atoms with Gasteiger partial charge in [-0.15, -0.1) is 24.0 Å². The van der Waals surface area contributed by atoms with E-state index < -0.39 is 0 Å². The Labute approximate surface area is 186 Å². The fourth-order valence-electron chi connectivity index (χ4n) is 4.54. The lowest BCUT2D eigenvalue weighted by atomic mass is 9.57. The van der Waals surface area contributed by atoms with Crippen LogP contribution in [0.3, 0.4) is 0 Å². The fraction of sp³-hybridized carbons (Fsp3) is 0.667. The van der Waals surface area contributed by atoms with Gasteiger partial charge in [0.05, 0.1) is 20.3 Å². The highest BCUT2D eigenvalue weighted by molar-refractivity contribution is 14.0. The Kier molecular flexibility index (Phi) is 7.84. The Morgan fingerprint density at radius 2 is 2.00 bits per heavy atom. The van der Waals surface area contributed by atoms with Gasteiger partial charge in [-0.2, -0.15) is 0 Å². The molecule has 0 spiro atoms. The number of ether oxygens (including phenoxy) is 3. The van der Waals surface area contributed by atoms with Crippen LogP contribution >= 0.6 is 24.0 Å². The van der Waals surface area contributed by atoms with Crippen LogP contribution in [0, 0.1) is 11.3 Å². The van der Waals surface area contributed by atoms with Crippen LogP contribution < -0.4 is 14.8 Å². The van der Waals surface area contributed by atoms with Crippen molar-refractivity contribution in [2.24, 2.45) is 16.3 Å². The normalized spacial score (nSPS) is 25.2. The molecule has 1 aromatic carbocycles. The zero-order valence-electron chi connectivity index (χ0n) is 17.8. The van der Waals surface area contributed by atoms with E-state index in [2.05, 4.69) is 42.2 Å². The molecule has 2 aliphatic rings. The third kappa shape index (κ3) is 4.35. The first kappa shape index (κ1) is 23.1. The van der Waals surface area contributed by atoms with Gasteiger partial charge in [-0.25, -0.2) is 0 Å². The van der Waals surface area contributed by atoms with Gasteiger partial charge in [0.2, 0.25) is 0 Å². The van der Waals surface area contributed by atoms with E-state index in [4.69, 9.17) is 14.2 Å². The molecule has 1 saturated heterocycles. The molecule has 28 heavy (non-hydrogen) atoms. The molecule has 1 aliphatic heterocycles. The maximum absolute atomic E-state index is 5.90. The van der Waals surface area contributed by atoms with E-state index in [9.17, 15) is 0 Å². The Morgan fingerprint density at radius 1 is 1.29 bits per heavy atom. The summed E-state index contributed by atoms with van der Waals surface area (Å²) in [4.78, 5) is 6.70. The topological polar surface area (TPSA) is 55.3 Å². The summed E-state index contributed by atoms with van der Waals surface area (Å²) < 4.78 is 16.6. The quantitative estimate of drug-likeness (QED) is 0.367. The summed E-state index contributed by atoms with van der Waals surface area (Å²) in [6, 6.07) is 6.49. The number of aliphatic imine (C=N–C) groups is 1. The van der Waals surface area contributed by atoms with Crippen LogP contribution in [0.15, 0.2) is 23.2 Å². The van der Waals surface area contributed by atoms with Crippen LogP contribution in [-0.2, 0) is 11.2 Å². The van der Waals surface area contributed by atoms with Crippen molar-refractivity contribution in [3.05, 3.63) is 23.8 Å². The van der Waals surface area contributed by atoms with E-state index in [0.717, 1.165) is 43.5 Å². The largest absolute Gasteiger partial charge is 0.493 e. The molecule has 0 aromatic heterocycles. The highest BCUT2D eigenvalue weighted by Gasteiger charge is 2.59. The number of guanidine groups is 1. The smallest absolute Gasteiger partial charge is 0.193 e. The molecule has 1 aromatic rings. The molecular formula is C21H34IN3O3. The van der Waals surface area contributed by atoms with Gasteiger partial charge in [0, 0.05) is 44.6 Å². The van der Waals surface area contributed by atoms with Gasteiger partial charge in [0.15, 0.2) is 17.5 Å². The minimum atomic E-state index is 0. The molecule has 0 amide bonds. The zero-order chi connectivity index (χ0) is 19.6. The first-order chi connectivity index (χ1) is 12.9. The summed E-state index contributed by atoms with van der Waals surface area (Å²) in [7, 11) is 7.26. The fourth-order valence-corrected chi connectivity index (χ4v) is 4.54. The van der Waals surface area contributed by atoms with Crippen molar-refractivity contribution in [3.63, 3.8) is 0 Å². The predicted octanol–water partition coefficient (Wildman–Crippen LogP) is 3.19. The van der Waals surface area contributed by atoms with Crippen molar-refractivity contribution in [1.29, 1.82) is 0 Å². The van der Waals surface area contributed by atoms with Gasteiger partial charge < -0.3 is 24.4 Å². The average molecular weight is 503 g/mol. The highest BCUT2D eigenvalue weighted by Crippen LogP contribution is 2.52. The summed E-state index contributed by atoms with van der Waals surface area (Å²) in [5.74, 6) is 3.06. The maximum Gasteiger partial charge on any atom is 0.193 e. The van der Waals surface area contributed by atoms with Gasteiger partial charge >= 0.3 is 0 Å². The molecule has 2 fully saturated rings. The number of benzene rings is 1. The standard InChI is InChI=1S/C21H33N3O3.HI/c1-21(2)18(15-10-12-27-19(15)21)23-20(22-3)24(4)11-9-14-7-8-16(25-5)17(13-14)26-6;/h7-8,13,15,18-19H,9-12H2,1-6H3,(H,22,23);1H. The Morgan fingerprint density at radius 3 is 2.64 bits per heavy atom. The number of likely N-dealkylation sites (N-methyl/N-ethyl adjacent to an activating group) is 1. The Bertz CT molecular complexity index is 695. The molecule has 1 saturated carbocycles. The van der Waals surface area contributed by atoms with Gasteiger partial charge in [0.1, 0.15) is 0 Å². The van der Waals surface area contributed by atoms with E-state index in [1.54, 1.807) is 14.2 Å². The number of hydrogen-bond donors (Lipinski definition) is 1. The number of hydrogen-bond acceptors (Lipinski definition) is 4. The number of nitrogens with zero attached hydrogens (tertiary/aromatic N) is 2. The molecule has 3 unspecified atom stereocenters. The van der Waals surface area contributed by atoms with Crippen LogP contribution in [0.4, 0.5) is 0 Å². The van der Waals surface area contributed by atoms with Crippen LogP contribution in [-0.4, -0.2) is 64.5 Å². The van der Waals surface area contributed by atoms with Gasteiger partial charge in [-0.3, -0.25) is 4.99 Å². The molecule has 1 aliphatic carbocycles. The molecule has 6 nitrogen and oxygen atoms in total. The lowest BCUT2D eigenvalue weighted by molar-refractivity contribution is -0.107. The van der Waals surface area contributed by atoms with E-state index in [1.165, 1.54) is 5.56 Å². The third-order valence-corrected chi connectivity index (χ3v) is 6.14. The van der Waals surface area contributed by atoms with E-state index >= 15 is 0 Å². The Balaban J connectivity index is 0.00000280. The van der Waals surface area contributed by atoms with Crippen molar-refractivity contribution >= 4 is 29.9 Å². The second-order valence-electron chi connectivity index (χ2n) is 8.10. The van der Waals surface area contributed by atoms with Crippen LogP contribution in [0.25, 0.3) is 0 Å². The Hall–Kier alpha value is -1.22. The molecule has 1 N–H and O–H groups in total. The summed E-state index contributed by atoms with van der Waals surface area (Å²) in [5, 5.41) is 3.69. The molecule has 0 bridgehead atoms. The number of fused-ring (bicyclic) bond motifs is 1. The van der Waals surface area contributed by atoms with E-state index in [1.807, 2.05) is 19.2 Å². The lowest BCUT2D eigenvalue weighted by Gasteiger charge is -2.55. The molecule has 158 valence electrons. The second kappa shape index (κ2) is 9.52. The zero-order valence-corrected chi connectivity index (χ0v) is 20.2. The van der Waals surface area contributed by atoms with Crippen molar-refractivity contribution < 1.29 is 14.2 Å².